The Morgan fingerprint density at radius 2 is 1.65 bits per heavy atom. The zero-order chi connectivity index (χ0) is 24.3. The maximum atomic E-state index is 13.2. The molecule has 1 amide bonds. The Kier molecular flexibility index (Phi) is 7.63. The van der Waals surface area contributed by atoms with Crippen LogP contribution in [-0.2, 0) is 24.8 Å². The first-order valence-corrected chi connectivity index (χ1v) is 15.0. The third-order valence-corrected chi connectivity index (χ3v) is 11.5. The van der Waals surface area contributed by atoms with E-state index in [-0.39, 0.29) is 35.6 Å². The van der Waals surface area contributed by atoms with Crippen molar-refractivity contribution in [3.05, 3.63) is 35.7 Å². The van der Waals surface area contributed by atoms with Crippen molar-refractivity contribution in [3.63, 3.8) is 0 Å². The van der Waals surface area contributed by atoms with Gasteiger partial charge in [0.05, 0.1) is 7.11 Å². The number of piperidine rings is 2. The van der Waals surface area contributed by atoms with Gasteiger partial charge in [-0.15, -0.1) is 11.3 Å². The average Bonchev–Trinajstić information content (AvgIpc) is 3.41. The van der Waals surface area contributed by atoms with Gasteiger partial charge in [-0.05, 0) is 55.3 Å². The highest BCUT2D eigenvalue weighted by atomic mass is 32.2. The van der Waals surface area contributed by atoms with Crippen molar-refractivity contribution in [2.45, 2.75) is 41.2 Å². The molecule has 2 aliphatic rings. The number of methoxy groups -OCH3 is 1. The van der Waals surface area contributed by atoms with E-state index in [2.05, 4.69) is 5.32 Å². The van der Waals surface area contributed by atoms with Crippen LogP contribution in [0.4, 0.5) is 5.69 Å². The highest BCUT2D eigenvalue weighted by Gasteiger charge is 2.33. The Bertz CT molecular complexity index is 1210. The SMILES string of the molecule is COc1ccc(NC(=O)C2CCN(S(=O)(=O)c3cccs3)CC2)cc1S(=O)(=O)N1CCCCC1. The molecule has 0 atom stereocenters. The lowest BCUT2D eigenvalue weighted by Crippen LogP contribution is -2.41. The number of nitrogens with one attached hydrogen (secondary N) is 1. The lowest BCUT2D eigenvalue weighted by molar-refractivity contribution is -0.120. The maximum absolute atomic E-state index is 13.2. The van der Waals surface area contributed by atoms with Crippen molar-refractivity contribution in [2.24, 2.45) is 5.92 Å². The number of anilines is 1. The molecule has 0 aliphatic carbocycles. The Balaban J connectivity index is 1.44. The number of ether oxygens (including phenoxy) is 1. The topological polar surface area (TPSA) is 113 Å². The first-order valence-electron chi connectivity index (χ1n) is 11.3. The van der Waals surface area contributed by atoms with Gasteiger partial charge in [0.15, 0.2) is 0 Å². The van der Waals surface area contributed by atoms with Gasteiger partial charge in [0.25, 0.3) is 10.0 Å². The predicted octanol–water partition coefficient (Wildman–Crippen LogP) is 2.97. The summed E-state index contributed by atoms with van der Waals surface area (Å²) in [7, 11) is -5.86. The monoisotopic (exact) mass is 527 g/mol. The summed E-state index contributed by atoms with van der Waals surface area (Å²) in [6.45, 7) is 1.45. The summed E-state index contributed by atoms with van der Waals surface area (Å²) in [6, 6.07) is 7.88. The van der Waals surface area contributed by atoms with Crippen LogP contribution in [-0.4, -0.2) is 64.6 Å². The van der Waals surface area contributed by atoms with Gasteiger partial charge in [-0.2, -0.15) is 8.61 Å². The minimum atomic E-state index is -3.75. The van der Waals surface area contributed by atoms with Gasteiger partial charge in [-0.25, -0.2) is 16.8 Å². The van der Waals surface area contributed by atoms with E-state index in [1.807, 2.05) is 0 Å². The quantitative estimate of drug-likeness (QED) is 0.592. The van der Waals surface area contributed by atoms with Crippen LogP contribution in [0.5, 0.6) is 5.75 Å². The molecule has 186 valence electrons. The van der Waals surface area contributed by atoms with Crippen molar-refractivity contribution in [1.29, 1.82) is 0 Å². The predicted molar refractivity (Wildman–Crippen MR) is 130 cm³/mol. The zero-order valence-electron chi connectivity index (χ0n) is 19.0. The minimum Gasteiger partial charge on any atom is -0.495 e. The van der Waals surface area contributed by atoms with Crippen LogP contribution in [0.3, 0.4) is 0 Å². The van der Waals surface area contributed by atoms with Crippen LogP contribution in [0.25, 0.3) is 0 Å². The standard InChI is InChI=1S/C22H29N3O6S3/c1-31-19-8-7-18(16-20(19)33(27,28)24-11-3-2-4-12-24)23-22(26)17-9-13-25(14-10-17)34(29,30)21-6-5-15-32-21/h5-8,15-17H,2-4,9-14H2,1H3,(H,23,26). The number of sulfonamides is 2. The highest BCUT2D eigenvalue weighted by Crippen LogP contribution is 2.32. The van der Waals surface area contributed by atoms with Crippen molar-refractivity contribution < 1.29 is 26.4 Å². The molecule has 0 saturated carbocycles. The molecule has 34 heavy (non-hydrogen) atoms. The minimum absolute atomic E-state index is 0.0339. The van der Waals surface area contributed by atoms with E-state index in [4.69, 9.17) is 4.74 Å². The van der Waals surface area contributed by atoms with Crippen LogP contribution in [0.15, 0.2) is 44.8 Å². The van der Waals surface area contributed by atoms with Gasteiger partial charge in [-0.1, -0.05) is 12.5 Å². The molecule has 0 unspecified atom stereocenters. The Hall–Kier alpha value is -1.99. The molecule has 1 aromatic heterocycles. The van der Waals surface area contributed by atoms with Crippen LogP contribution in [0.2, 0.25) is 0 Å². The van der Waals surface area contributed by atoms with Gasteiger partial charge in [0, 0.05) is 37.8 Å². The molecule has 12 heteroatoms. The van der Waals surface area contributed by atoms with Crippen LogP contribution in [0, 0.1) is 5.92 Å². The number of benzene rings is 1. The fourth-order valence-electron chi connectivity index (χ4n) is 4.34. The lowest BCUT2D eigenvalue weighted by atomic mass is 9.97. The van der Waals surface area contributed by atoms with Gasteiger partial charge in [0.1, 0.15) is 14.9 Å². The summed E-state index contributed by atoms with van der Waals surface area (Å²) >= 11 is 1.18. The first kappa shape index (κ1) is 25.1. The van der Waals surface area contributed by atoms with Crippen LogP contribution < -0.4 is 10.1 Å². The van der Waals surface area contributed by atoms with Crippen molar-refractivity contribution in [3.8, 4) is 5.75 Å². The summed E-state index contributed by atoms with van der Waals surface area (Å²) in [5.74, 6) is -0.380. The molecule has 1 N–H and O–H groups in total. The second-order valence-electron chi connectivity index (χ2n) is 8.43. The van der Waals surface area contributed by atoms with Crippen LogP contribution >= 0.6 is 11.3 Å². The molecule has 0 spiro atoms. The fourth-order valence-corrected chi connectivity index (χ4v) is 8.65. The van der Waals surface area contributed by atoms with E-state index in [0.717, 1.165) is 19.3 Å². The molecule has 0 radical (unpaired) electrons. The lowest BCUT2D eigenvalue weighted by Gasteiger charge is -2.30. The molecule has 2 fully saturated rings. The van der Waals surface area contributed by atoms with Gasteiger partial charge in [0.2, 0.25) is 15.9 Å². The molecule has 2 aliphatic heterocycles. The van der Waals surface area contributed by atoms with E-state index < -0.39 is 20.0 Å². The Morgan fingerprint density at radius 3 is 2.26 bits per heavy atom. The van der Waals surface area contributed by atoms with Crippen LogP contribution in [0.1, 0.15) is 32.1 Å². The van der Waals surface area contributed by atoms with E-state index in [0.29, 0.717) is 35.8 Å². The molecule has 3 heterocycles. The number of rotatable bonds is 7. The molecule has 4 rings (SSSR count). The smallest absolute Gasteiger partial charge is 0.252 e. The molecule has 1 aromatic carbocycles. The number of nitrogens with zero attached hydrogens (tertiary/aromatic N) is 2. The number of thiophene rings is 1. The van der Waals surface area contributed by atoms with Gasteiger partial charge in [-0.3, -0.25) is 4.79 Å². The second kappa shape index (κ2) is 10.3. The molecule has 2 aromatic rings. The second-order valence-corrected chi connectivity index (χ2v) is 13.4. The molecule has 9 nitrogen and oxygen atoms in total. The van der Waals surface area contributed by atoms with Gasteiger partial charge < -0.3 is 10.1 Å². The third-order valence-electron chi connectivity index (χ3n) is 6.28. The summed E-state index contributed by atoms with van der Waals surface area (Å²) in [6.07, 6.45) is 3.43. The number of hydrogen-bond acceptors (Lipinski definition) is 7. The van der Waals surface area contributed by atoms with E-state index in [1.165, 1.54) is 33.1 Å². The first-order chi connectivity index (χ1) is 16.2. The molecular formula is C22H29N3O6S3. The molecule has 0 bridgehead atoms. The number of amides is 1. The summed E-state index contributed by atoms with van der Waals surface area (Å²) < 4.78 is 60.3. The number of hydrogen-bond donors (Lipinski definition) is 1. The van der Waals surface area contributed by atoms with E-state index >= 15 is 0 Å². The normalized spacial score (nSPS) is 19.1. The van der Waals surface area contributed by atoms with Gasteiger partial charge >= 0.3 is 0 Å². The number of carbonyl (C=O) groups is 1. The number of carbonyl (C=O) groups excluding carboxylic acids is 1. The summed E-state index contributed by atoms with van der Waals surface area (Å²) in [5, 5.41) is 4.54. The van der Waals surface area contributed by atoms with E-state index in [9.17, 15) is 21.6 Å². The van der Waals surface area contributed by atoms with Crippen molar-refractivity contribution in [2.75, 3.05) is 38.6 Å². The average molecular weight is 528 g/mol. The fraction of sp³-hybridized carbons (Fsp3) is 0.500. The Morgan fingerprint density at radius 1 is 0.971 bits per heavy atom. The Labute approximate surface area is 204 Å². The molecular weight excluding hydrogens is 498 g/mol. The third kappa shape index (κ3) is 5.15. The maximum Gasteiger partial charge on any atom is 0.252 e. The molecule has 2 saturated heterocycles. The highest BCUT2D eigenvalue weighted by molar-refractivity contribution is 7.91. The van der Waals surface area contributed by atoms with Crippen molar-refractivity contribution >= 4 is 43.0 Å². The van der Waals surface area contributed by atoms with Crippen molar-refractivity contribution in [1.82, 2.24) is 8.61 Å². The summed E-state index contributed by atoms with van der Waals surface area (Å²) in [5.41, 5.74) is 0.370. The zero-order valence-corrected chi connectivity index (χ0v) is 21.4. The summed E-state index contributed by atoms with van der Waals surface area (Å²) in [4.78, 5) is 12.9. The van der Waals surface area contributed by atoms with E-state index in [1.54, 1.807) is 29.6 Å². The largest absolute Gasteiger partial charge is 0.495 e.